The molecule has 0 unspecified atom stereocenters. The first-order chi connectivity index (χ1) is 10.2. The van der Waals surface area contributed by atoms with E-state index >= 15 is 0 Å². The third kappa shape index (κ3) is 4.34. The van der Waals surface area contributed by atoms with E-state index in [-0.39, 0.29) is 11.1 Å². The highest BCUT2D eigenvalue weighted by Crippen LogP contribution is 2.11. The molecule has 0 aliphatic rings. The molecule has 0 fully saturated rings. The number of hydrogen-bond donors (Lipinski definition) is 3. The lowest BCUT2D eigenvalue weighted by Gasteiger charge is -2.05. The van der Waals surface area contributed by atoms with Gasteiger partial charge in [0.15, 0.2) is 0 Å². The molecule has 22 heavy (non-hydrogen) atoms. The molecule has 1 heterocycles. The number of carboxylic acid groups (broad SMARTS) is 2. The van der Waals surface area contributed by atoms with Gasteiger partial charge in [-0.2, -0.15) is 5.10 Å². The quantitative estimate of drug-likeness (QED) is 0.801. The van der Waals surface area contributed by atoms with Crippen molar-refractivity contribution in [2.75, 3.05) is 5.73 Å². The topological polar surface area (TPSA) is 118 Å². The number of aromatic carboxylic acids is 2. The van der Waals surface area contributed by atoms with Gasteiger partial charge in [-0.3, -0.25) is 0 Å². The standard InChI is InChI=1S/C9H8O4.C6H11N3/c1-5-2-3-6(8(10)11)4-7(5)9(12)13;1-5(2)9-6(7)3-4-8-9/h2-4H,1H3,(H,10,11)(H,12,13);3-5H,7H2,1-2H3. The molecule has 2 rings (SSSR count). The van der Waals surface area contributed by atoms with Crippen molar-refractivity contribution in [3.05, 3.63) is 47.2 Å². The van der Waals surface area contributed by atoms with Crippen LogP contribution in [0, 0.1) is 6.92 Å². The molecular formula is C15H19N3O4. The van der Waals surface area contributed by atoms with E-state index in [0.717, 1.165) is 11.9 Å². The van der Waals surface area contributed by atoms with Crippen molar-refractivity contribution in [2.24, 2.45) is 0 Å². The summed E-state index contributed by atoms with van der Waals surface area (Å²) in [6, 6.07) is 6.16. The molecule has 0 radical (unpaired) electrons. The fourth-order valence-electron chi connectivity index (χ4n) is 1.74. The van der Waals surface area contributed by atoms with Gasteiger partial charge in [0, 0.05) is 6.04 Å². The van der Waals surface area contributed by atoms with Crippen LogP contribution in [0.25, 0.3) is 0 Å². The Kier molecular flexibility index (Phi) is 5.68. The Bertz CT molecular complexity index is 677. The highest BCUT2D eigenvalue weighted by molar-refractivity contribution is 5.94. The van der Waals surface area contributed by atoms with Crippen LogP contribution in [0.3, 0.4) is 0 Å². The second kappa shape index (κ2) is 7.26. The van der Waals surface area contributed by atoms with Crippen LogP contribution in [0.4, 0.5) is 5.82 Å². The third-order valence-corrected chi connectivity index (χ3v) is 2.90. The van der Waals surface area contributed by atoms with Crippen LogP contribution in [0.5, 0.6) is 0 Å². The van der Waals surface area contributed by atoms with Crippen molar-refractivity contribution in [3.63, 3.8) is 0 Å². The third-order valence-electron chi connectivity index (χ3n) is 2.90. The second-order valence-corrected chi connectivity index (χ2v) is 4.93. The average molecular weight is 305 g/mol. The number of carbonyl (C=O) groups is 2. The number of rotatable bonds is 3. The summed E-state index contributed by atoms with van der Waals surface area (Å²) in [6.07, 6.45) is 1.70. The molecule has 0 saturated heterocycles. The summed E-state index contributed by atoms with van der Waals surface area (Å²) in [4.78, 5) is 21.1. The van der Waals surface area contributed by atoms with Crippen LogP contribution in [0.2, 0.25) is 0 Å². The highest BCUT2D eigenvalue weighted by Gasteiger charge is 2.10. The molecule has 1 aromatic heterocycles. The van der Waals surface area contributed by atoms with Crippen molar-refractivity contribution < 1.29 is 19.8 Å². The Morgan fingerprint density at radius 2 is 1.82 bits per heavy atom. The van der Waals surface area contributed by atoms with Crippen LogP contribution >= 0.6 is 0 Å². The molecule has 4 N–H and O–H groups in total. The van der Waals surface area contributed by atoms with E-state index in [9.17, 15) is 9.59 Å². The fraction of sp³-hybridized carbons (Fsp3) is 0.267. The van der Waals surface area contributed by atoms with Gasteiger partial charge in [0.2, 0.25) is 0 Å². The first-order valence-electron chi connectivity index (χ1n) is 6.60. The van der Waals surface area contributed by atoms with Gasteiger partial charge < -0.3 is 15.9 Å². The van der Waals surface area contributed by atoms with Gasteiger partial charge in [0.05, 0.1) is 17.3 Å². The molecule has 2 aromatic rings. The molecule has 0 spiro atoms. The summed E-state index contributed by atoms with van der Waals surface area (Å²) in [5.74, 6) is -1.51. The molecule has 7 nitrogen and oxygen atoms in total. The predicted octanol–water partition coefficient (Wildman–Crippen LogP) is 2.44. The number of carboxylic acids is 2. The van der Waals surface area contributed by atoms with E-state index in [0.29, 0.717) is 11.6 Å². The number of hydrogen-bond acceptors (Lipinski definition) is 4. The maximum absolute atomic E-state index is 10.6. The van der Waals surface area contributed by atoms with E-state index in [1.807, 2.05) is 13.8 Å². The number of benzene rings is 1. The molecular weight excluding hydrogens is 286 g/mol. The molecule has 0 saturated carbocycles. The molecule has 0 aliphatic heterocycles. The predicted molar refractivity (Wildman–Crippen MR) is 82.1 cm³/mol. The van der Waals surface area contributed by atoms with Crippen molar-refractivity contribution in [3.8, 4) is 0 Å². The average Bonchev–Trinajstić information content (AvgIpc) is 2.85. The van der Waals surface area contributed by atoms with Crippen molar-refractivity contribution in [2.45, 2.75) is 26.8 Å². The Balaban J connectivity index is 0.000000235. The summed E-state index contributed by atoms with van der Waals surface area (Å²) in [7, 11) is 0. The number of nitrogen functional groups attached to an aromatic ring is 1. The van der Waals surface area contributed by atoms with E-state index < -0.39 is 11.9 Å². The molecule has 0 bridgehead atoms. The van der Waals surface area contributed by atoms with Crippen LogP contribution < -0.4 is 5.73 Å². The Morgan fingerprint density at radius 1 is 1.18 bits per heavy atom. The smallest absolute Gasteiger partial charge is 0.335 e. The first-order valence-corrected chi connectivity index (χ1v) is 6.60. The first kappa shape index (κ1) is 17.2. The zero-order chi connectivity index (χ0) is 16.9. The van der Waals surface area contributed by atoms with Gasteiger partial charge in [-0.15, -0.1) is 0 Å². The Labute approximate surface area is 128 Å². The monoisotopic (exact) mass is 305 g/mol. The summed E-state index contributed by atoms with van der Waals surface area (Å²) in [5.41, 5.74) is 6.11. The molecule has 0 atom stereocenters. The van der Waals surface area contributed by atoms with Crippen LogP contribution in [0.1, 0.15) is 46.2 Å². The van der Waals surface area contributed by atoms with Gasteiger partial charge in [0.1, 0.15) is 5.82 Å². The lowest BCUT2D eigenvalue weighted by atomic mass is 10.1. The number of anilines is 1. The minimum absolute atomic E-state index is 0.0111. The number of nitrogens with zero attached hydrogens (tertiary/aromatic N) is 2. The number of nitrogens with two attached hydrogens (primary N) is 1. The van der Waals surface area contributed by atoms with Gasteiger partial charge in [-0.1, -0.05) is 6.07 Å². The largest absolute Gasteiger partial charge is 0.478 e. The van der Waals surface area contributed by atoms with Gasteiger partial charge in [-0.25, -0.2) is 14.3 Å². The molecule has 0 aliphatic carbocycles. The van der Waals surface area contributed by atoms with Crippen molar-refractivity contribution in [1.82, 2.24) is 9.78 Å². The highest BCUT2D eigenvalue weighted by atomic mass is 16.4. The van der Waals surface area contributed by atoms with E-state index in [2.05, 4.69) is 5.10 Å². The Morgan fingerprint density at radius 3 is 2.18 bits per heavy atom. The maximum atomic E-state index is 10.6. The summed E-state index contributed by atoms with van der Waals surface area (Å²) >= 11 is 0. The van der Waals surface area contributed by atoms with Crippen LogP contribution in [0.15, 0.2) is 30.5 Å². The lowest BCUT2D eigenvalue weighted by molar-refractivity contribution is 0.0695. The molecule has 0 amide bonds. The summed E-state index contributed by atoms with van der Waals surface area (Å²) in [5, 5.41) is 21.3. The van der Waals surface area contributed by atoms with Crippen LogP contribution in [-0.4, -0.2) is 31.9 Å². The van der Waals surface area contributed by atoms with Gasteiger partial charge in [0.25, 0.3) is 0 Å². The maximum Gasteiger partial charge on any atom is 0.335 e. The van der Waals surface area contributed by atoms with Gasteiger partial charge >= 0.3 is 11.9 Å². The SMILES string of the molecule is CC(C)n1nccc1N.Cc1ccc(C(=O)O)cc1C(=O)O. The van der Waals surface area contributed by atoms with Crippen LogP contribution in [-0.2, 0) is 0 Å². The summed E-state index contributed by atoms with van der Waals surface area (Å²) in [6.45, 7) is 5.71. The van der Waals surface area contributed by atoms with Crippen molar-refractivity contribution in [1.29, 1.82) is 0 Å². The van der Waals surface area contributed by atoms with E-state index in [4.69, 9.17) is 15.9 Å². The van der Waals surface area contributed by atoms with Crippen molar-refractivity contribution >= 4 is 17.8 Å². The number of aromatic nitrogens is 2. The van der Waals surface area contributed by atoms with E-state index in [1.54, 1.807) is 23.9 Å². The molecule has 7 heteroatoms. The minimum Gasteiger partial charge on any atom is -0.478 e. The Hall–Kier alpha value is -2.83. The zero-order valence-electron chi connectivity index (χ0n) is 12.6. The molecule has 118 valence electrons. The molecule has 1 aromatic carbocycles. The number of aryl methyl sites for hydroxylation is 1. The minimum atomic E-state index is -1.12. The lowest BCUT2D eigenvalue weighted by Crippen LogP contribution is -2.06. The summed E-state index contributed by atoms with van der Waals surface area (Å²) < 4.78 is 1.78. The zero-order valence-corrected chi connectivity index (χ0v) is 12.6. The second-order valence-electron chi connectivity index (χ2n) is 4.93. The normalized spacial score (nSPS) is 10.0. The van der Waals surface area contributed by atoms with Gasteiger partial charge in [-0.05, 0) is 44.5 Å². The van der Waals surface area contributed by atoms with E-state index in [1.165, 1.54) is 12.1 Å². The fourth-order valence-corrected chi connectivity index (χ4v) is 1.74.